The highest BCUT2D eigenvalue weighted by Gasteiger charge is 2.19. The van der Waals surface area contributed by atoms with Gasteiger partial charge in [-0.2, -0.15) is 0 Å². The Balaban J connectivity index is 0.00000450. The second-order valence-electron chi connectivity index (χ2n) is 6.28. The highest BCUT2D eigenvalue weighted by Crippen LogP contribution is 2.07. The average molecular weight is 412 g/mol. The van der Waals surface area contributed by atoms with Crippen LogP contribution in [0, 0.1) is 11.8 Å². The maximum atomic E-state index is 12.2. The summed E-state index contributed by atoms with van der Waals surface area (Å²) in [6.07, 6.45) is 3.93. The topological polar surface area (TPSA) is 129 Å². The smallest absolute Gasteiger partial charge is 0.267 e. The summed E-state index contributed by atoms with van der Waals surface area (Å²) in [6.45, 7) is 2.90. The predicted molar refractivity (Wildman–Crippen MR) is 117 cm³/mol. The number of benzene rings is 1. The van der Waals surface area contributed by atoms with Gasteiger partial charge < -0.3 is 16.4 Å². The molecule has 160 valence electrons. The van der Waals surface area contributed by atoms with Crippen molar-refractivity contribution < 1.29 is 14.8 Å². The summed E-state index contributed by atoms with van der Waals surface area (Å²) in [6, 6.07) is 9.39. The van der Waals surface area contributed by atoms with E-state index in [4.69, 9.17) is 10.9 Å². The summed E-state index contributed by atoms with van der Waals surface area (Å²) >= 11 is 0. The number of hydrogen-bond acceptors (Lipinski definition) is 6. The minimum absolute atomic E-state index is 0. The third-order valence-electron chi connectivity index (χ3n) is 4.07. The van der Waals surface area contributed by atoms with Crippen molar-refractivity contribution in [3.05, 3.63) is 59.3 Å². The molecule has 8 heteroatoms. The number of anilines is 1. The summed E-state index contributed by atoms with van der Waals surface area (Å²) < 4.78 is 0. The van der Waals surface area contributed by atoms with Crippen molar-refractivity contribution in [1.29, 1.82) is 0 Å². The van der Waals surface area contributed by atoms with Gasteiger partial charge in [-0.1, -0.05) is 32.6 Å². The van der Waals surface area contributed by atoms with Gasteiger partial charge in [0.25, 0.3) is 11.8 Å². The van der Waals surface area contributed by atoms with Gasteiger partial charge in [-0.05, 0) is 42.8 Å². The molecule has 0 aliphatic rings. The van der Waals surface area contributed by atoms with E-state index in [2.05, 4.69) is 34.4 Å². The standard InChI is InChI=1S/C21H25N5O3.CH4/c1-2-3-12-23-19-11-8-16(14-24-19)5-4-15-6-9-17(10-7-15)20(27)25-18(13-22)21(28)26-29;/h6-11,14,18,29H,2-3,12-13,22H2,1H3,(H,23,24)(H,25,27)(H,26,28);1H4/t18-;/m0./s1. The Labute approximate surface area is 177 Å². The van der Waals surface area contributed by atoms with Gasteiger partial charge in [0.2, 0.25) is 0 Å². The van der Waals surface area contributed by atoms with Crippen LogP contribution in [0.3, 0.4) is 0 Å². The molecule has 1 heterocycles. The molecule has 0 bridgehead atoms. The number of aromatic nitrogens is 1. The van der Waals surface area contributed by atoms with Crippen LogP contribution in [0.25, 0.3) is 0 Å². The molecule has 2 aromatic rings. The van der Waals surface area contributed by atoms with Gasteiger partial charge in [-0.3, -0.25) is 14.8 Å². The fourth-order valence-corrected chi connectivity index (χ4v) is 2.37. The second kappa shape index (κ2) is 12.9. The molecule has 1 aromatic heterocycles. The fourth-order valence-electron chi connectivity index (χ4n) is 2.37. The number of nitrogens with zero attached hydrogens (tertiary/aromatic N) is 1. The SMILES string of the molecule is C.CCCCNc1ccc(C#Cc2ccc(C(=O)N[C@@H](CN)C(=O)NO)cc2)cn1. The molecule has 0 aliphatic carbocycles. The van der Waals surface area contributed by atoms with Crippen LogP contribution in [0.15, 0.2) is 42.6 Å². The van der Waals surface area contributed by atoms with Crippen molar-refractivity contribution >= 4 is 17.6 Å². The molecule has 1 aromatic carbocycles. The third kappa shape index (κ3) is 7.54. The number of carbonyl (C=O) groups excluding carboxylic acids is 2. The van der Waals surface area contributed by atoms with Crippen LogP contribution < -0.4 is 21.8 Å². The summed E-state index contributed by atoms with van der Waals surface area (Å²) in [4.78, 5) is 27.9. The highest BCUT2D eigenvalue weighted by molar-refractivity contribution is 5.97. The first kappa shape index (κ1) is 24.6. The van der Waals surface area contributed by atoms with E-state index >= 15 is 0 Å². The van der Waals surface area contributed by atoms with Crippen LogP contribution in [-0.4, -0.2) is 41.1 Å². The van der Waals surface area contributed by atoms with Crippen molar-refractivity contribution in [3.8, 4) is 11.8 Å². The summed E-state index contributed by atoms with van der Waals surface area (Å²) in [5.41, 5.74) is 8.76. The fraction of sp³-hybridized carbons (Fsp3) is 0.318. The van der Waals surface area contributed by atoms with E-state index in [-0.39, 0.29) is 14.0 Å². The molecule has 0 saturated heterocycles. The monoisotopic (exact) mass is 411 g/mol. The van der Waals surface area contributed by atoms with Crippen molar-refractivity contribution in [2.24, 2.45) is 5.73 Å². The number of pyridine rings is 1. The lowest BCUT2D eigenvalue weighted by atomic mass is 10.1. The first-order chi connectivity index (χ1) is 14.1. The Morgan fingerprint density at radius 2 is 1.80 bits per heavy atom. The highest BCUT2D eigenvalue weighted by atomic mass is 16.5. The quantitative estimate of drug-likeness (QED) is 0.195. The van der Waals surface area contributed by atoms with Crippen LogP contribution in [0.2, 0.25) is 0 Å². The van der Waals surface area contributed by atoms with Gasteiger partial charge in [0.05, 0.1) is 0 Å². The Hall–Kier alpha value is -3.41. The number of unbranched alkanes of at least 4 members (excludes halogenated alkanes) is 1. The molecule has 0 radical (unpaired) electrons. The van der Waals surface area contributed by atoms with Gasteiger partial charge in [-0.15, -0.1) is 0 Å². The van der Waals surface area contributed by atoms with Gasteiger partial charge in [0, 0.05) is 36.0 Å². The molecule has 0 fully saturated rings. The first-order valence-corrected chi connectivity index (χ1v) is 9.34. The molecule has 0 spiro atoms. The summed E-state index contributed by atoms with van der Waals surface area (Å²) in [7, 11) is 0. The zero-order chi connectivity index (χ0) is 21.1. The molecule has 8 nitrogen and oxygen atoms in total. The Kier molecular flexibility index (Phi) is 10.6. The number of rotatable bonds is 8. The van der Waals surface area contributed by atoms with E-state index in [0.717, 1.165) is 36.3 Å². The molecule has 2 amide bonds. The molecule has 1 atom stereocenters. The van der Waals surface area contributed by atoms with E-state index < -0.39 is 17.9 Å². The van der Waals surface area contributed by atoms with E-state index in [1.165, 1.54) is 5.48 Å². The lowest BCUT2D eigenvalue weighted by Crippen LogP contribution is -2.50. The minimum atomic E-state index is -1.01. The van der Waals surface area contributed by atoms with E-state index in [1.807, 2.05) is 12.1 Å². The zero-order valence-corrected chi connectivity index (χ0v) is 16.2. The molecule has 0 unspecified atom stereocenters. The molecule has 6 N–H and O–H groups in total. The Morgan fingerprint density at radius 3 is 2.37 bits per heavy atom. The van der Waals surface area contributed by atoms with Crippen LogP contribution in [0.1, 0.15) is 48.7 Å². The van der Waals surface area contributed by atoms with Crippen LogP contribution in [0.4, 0.5) is 5.82 Å². The first-order valence-electron chi connectivity index (χ1n) is 9.34. The molecular formula is C22H29N5O3. The van der Waals surface area contributed by atoms with Gasteiger partial charge in [-0.25, -0.2) is 10.5 Å². The lowest BCUT2D eigenvalue weighted by Gasteiger charge is -2.14. The number of nitrogens with one attached hydrogen (secondary N) is 3. The Morgan fingerprint density at radius 1 is 1.13 bits per heavy atom. The zero-order valence-electron chi connectivity index (χ0n) is 16.2. The van der Waals surface area contributed by atoms with Crippen molar-refractivity contribution in [2.45, 2.75) is 33.2 Å². The largest absolute Gasteiger partial charge is 0.370 e. The van der Waals surface area contributed by atoms with E-state index in [0.29, 0.717) is 5.56 Å². The molecule has 0 aliphatic heterocycles. The average Bonchev–Trinajstić information content (AvgIpc) is 2.76. The maximum absolute atomic E-state index is 12.2. The van der Waals surface area contributed by atoms with E-state index in [1.54, 1.807) is 30.5 Å². The van der Waals surface area contributed by atoms with Crippen LogP contribution in [0.5, 0.6) is 0 Å². The molecule has 2 rings (SSSR count). The normalized spacial score (nSPS) is 10.6. The Bertz CT molecular complexity index is 870. The molecule has 0 saturated carbocycles. The molecular weight excluding hydrogens is 382 g/mol. The maximum Gasteiger partial charge on any atom is 0.267 e. The van der Waals surface area contributed by atoms with Crippen molar-refractivity contribution in [3.63, 3.8) is 0 Å². The number of carbonyl (C=O) groups is 2. The second-order valence-corrected chi connectivity index (χ2v) is 6.28. The van der Waals surface area contributed by atoms with Crippen molar-refractivity contribution in [1.82, 2.24) is 15.8 Å². The van der Waals surface area contributed by atoms with Crippen LogP contribution >= 0.6 is 0 Å². The van der Waals surface area contributed by atoms with Gasteiger partial charge in [0.15, 0.2) is 0 Å². The molecule has 30 heavy (non-hydrogen) atoms. The predicted octanol–water partition coefficient (Wildman–Crippen LogP) is 1.89. The number of amides is 2. The third-order valence-corrected chi connectivity index (χ3v) is 4.07. The summed E-state index contributed by atoms with van der Waals surface area (Å²) in [5.74, 6) is 5.63. The minimum Gasteiger partial charge on any atom is -0.370 e. The lowest BCUT2D eigenvalue weighted by molar-refractivity contribution is -0.130. The number of hydrogen-bond donors (Lipinski definition) is 5. The number of hydroxylamine groups is 1. The summed E-state index contributed by atoms with van der Waals surface area (Å²) in [5, 5.41) is 14.3. The number of nitrogens with two attached hydrogens (primary N) is 1. The van der Waals surface area contributed by atoms with Gasteiger partial charge >= 0.3 is 0 Å². The van der Waals surface area contributed by atoms with Crippen LogP contribution in [-0.2, 0) is 4.79 Å². The van der Waals surface area contributed by atoms with Gasteiger partial charge in [0.1, 0.15) is 11.9 Å². The van der Waals surface area contributed by atoms with Crippen molar-refractivity contribution in [2.75, 3.05) is 18.4 Å². The van der Waals surface area contributed by atoms with E-state index in [9.17, 15) is 9.59 Å².